The van der Waals surface area contributed by atoms with Crippen LogP contribution in [0.3, 0.4) is 0 Å². The zero-order valence-corrected chi connectivity index (χ0v) is 15.2. The van der Waals surface area contributed by atoms with E-state index in [1.54, 1.807) is 0 Å². The summed E-state index contributed by atoms with van der Waals surface area (Å²) in [6.45, 7) is 0. The first-order valence-corrected chi connectivity index (χ1v) is 11.1. The Hall–Kier alpha value is -0.903. The minimum Gasteiger partial charge on any atom is -0.419 e. The summed E-state index contributed by atoms with van der Waals surface area (Å²) in [7, 11) is 0.200. The summed E-state index contributed by atoms with van der Waals surface area (Å²) < 4.78 is 6.02. The molecule has 0 saturated carbocycles. The molecule has 0 saturated heterocycles. The number of alkyl halides is 1. The average Bonchev–Trinajstić information content (AvgIpc) is 2.58. The highest BCUT2D eigenvalue weighted by atomic mass is 79.9. The third-order valence-corrected chi connectivity index (χ3v) is 10.8. The summed E-state index contributed by atoms with van der Waals surface area (Å²) in [5.74, 6) is 0. The molecule has 2 aromatic carbocycles. The summed E-state index contributed by atoms with van der Waals surface area (Å²) in [5, 5.41) is 0. The fourth-order valence-corrected chi connectivity index (χ4v) is 7.44. The molecule has 0 spiro atoms. The van der Waals surface area contributed by atoms with Gasteiger partial charge in [-0.3, -0.25) is 0 Å². The Balaban J connectivity index is 1.95. The van der Waals surface area contributed by atoms with Crippen LogP contribution in [0.25, 0.3) is 0 Å². The van der Waals surface area contributed by atoms with E-state index >= 15 is 0 Å². The number of hydrogen-bond acceptors (Lipinski definition) is 1. The Morgan fingerprint density at radius 2 is 1.24 bits per heavy atom. The Kier molecular flexibility index (Phi) is 6.68. The van der Waals surface area contributed by atoms with Gasteiger partial charge in [-0.25, -0.2) is 0 Å². The second-order valence-electron chi connectivity index (χ2n) is 5.49. The molecule has 112 valence electrons. The molecule has 0 bridgehead atoms. The van der Waals surface area contributed by atoms with Crippen molar-refractivity contribution in [1.82, 2.24) is 0 Å². The minimum absolute atomic E-state index is 1.01. The Bertz CT molecular complexity index is 466. The van der Waals surface area contributed by atoms with Gasteiger partial charge in [-0.2, -0.15) is 0 Å². The Morgan fingerprint density at radius 3 is 1.57 bits per heavy atom. The van der Waals surface area contributed by atoms with Gasteiger partial charge in [0.2, 0.25) is 8.32 Å². The highest BCUT2D eigenvalue weighted by Crippen LogP contribution is 2.24. The molecule has 0 amide bonds. The van der Waals surface area contributed by atoms with Crippen molar-refractivity contribution in [3.8, 4) is 0 Å². The fourth-order valence-electron chi connectivity index (χ4n) is 2.55. The normalized spacial score (nSPS) is 11.5. The van der Waals surface area contributed by atoms with Crippen LogP contribution in [-0.2, 0) is 17.3 Å². The molecule has 0 heterocycles. The second-order valence-corrected chi connectivity index (χ2v) is 11.2. The number of halogens is 1. The summed E-state index contributed by atoms with van der Waals surface area (Å²) in [6.07, 6.45) is 2.22. The number of rotatable bonds is 8. The van der Waals surface area contributed by atoms with Gasteiger partial charge in [-0.15, -0.1) is 0 Å². The van der Waals surface area contributed by atoms with Crippen LogP contribution in [0.15, 0.2) is 60.7 Å². The van der Waals surface area contributed by atoms with E-state index in [1.165, 1.54) is 23.2 Å². The predicted octanol–water partition coefficient (Wildman–Crippen LogP) is 5.00. The van der Waals surface area contributed by atoms with E-state index in [0.29, 0.717) is 0 Å². The maximum atomic E-state index is 6.02. The van der Waals surface area contributed by atoms with Gasteiger partial charge in [0.25, 0.3) is 0 Å². The highest BCUT2D eigenvalue weighted by molar-refractivity contribution is 9.09. The van der Waals surface area contributed by atoms with Gasteiger partial charge in [0.05, 0.1) is 0 Å². The standard InChI is InChI=1S/C18H23BrOSi/c1-20-21(16-19,14-12-17-8-4-2-5-9-17)15-13-18-10-6-3-7-11-18/h2-11H,12-16H2,1H3. The maximum Gasteiger partial charge on any atom is 0.203 e. The lowest BCUT2D eigenvalue weighted by atomic mass is 10.2. The lowest BCUT2D eigenvalue weighted by Gasteiger charge is -2.28. The lowest BCUT2D eigenvalue weighted by molar-refractivity contribution is 0.395. The SMILES string of the molecule is CO[Si](CBr)(CCc1ccccc1)CCc1ccccc1. The second kappa shape index (κ2) is 8.52. The molecule has 3 heteroatoms. The van der Waals surface area contributed by atoms with Crippen molar-refractivity contribution in [2.24, 2.45) is 0 Å². The molecular formula is C18H23BrOSi. The van der Waals surface area contributed by atoms with Crippen molar-refractivity contribution in [3.63, 3.8) is 0 Å². The van der Waals surface area contributed by atoms with Crippen molar-refractivity contribution in [1.29, 1.82) is 0 Å². The highest BCUT2D eigenvalue weighted by Gasteiger charge is 2.32. The molecule has 0 aromatic heterocycles. The number of aryl methyl sites for hydroxylation is 2. The molecule has 21 heavy (non-hydrogen) atoms. The number of benzene rings is 2. The van der Waals surface area contributed by atoms with Crippen molar-refractivity contribution in [2.75, 3.05) is 12.1 Å². The van der Waals surface area contributed by atoms with Gasteiger partial charge < -0.3 is 4.43 Å². The molecule has 2 aromatic rings. The van der Waals surface area contributed by atoms with Crippen molar-refractivity contribution in [3.05, 3.63) is 71.8 Å². The molecule has 0 aliphatic heterocycles. The molecule has 0 aliphatic rings. The molecule has 2 rings (SSSR count). The zero-order valence-electron chi connectivity index (χ0n) is 12.6. The Morgan fingerprint density at radius 1 is 0.810 bits per heavy atom. The molecule has 0 unspecified atom stereocenters. The third-order valence-electron chi connectivity index (χ3n) is 4.10. The first-order valence-electron chi connectivity index (χ1n) is 7.47. The van der Waals surface area contributed by atoms with Crippen LogP contribution in [-0.4, -0.2) is 20.4 Å². The molecular weight excluding hydrogens is 340 g/mol. The van der Waals surface area contributed by atoms with Crippen LogP contribution in [0, 0.1) is 0 Å². The van der Waals surface area contributed by atoms with Crippen molar-refractivity contribution >= 4 is 24.2 Å². The van der Waals surface area contributed by atoms with E-state index in [1.807, 2.05) is 7.11 Å². The topological polar surface area (TPSA) is 9.23 Å². The quantitative estimate of drug-likeness (QED) is 0.474. The lowest BCUT2D eigenvalue weighted by Crippen LogP contribution is -2.40. The smallest absolute Gasteiger partial charge is 0.203 e. The minimum atomic E-state index is -1.69. The van der Waals surface area contributed by atoms with Crippen molar-refractivity contribution < 1.29 is 4.43 Å². The monoisotopic (exact) mass is 362 g/mol. The average molecular weight is 363 g/mol. The fraction of sp³-hybridized carbons (Fsp3) is 0.333. The van der Waals surface area contributed by atoms with Crippen LogP contribution < -0.4 is 0 Å². The maximum absolute atomic E-state index is 6.02. The third kappa shape index (κ3) is 5.10. The first-order chi connectivity index (χ1) is 10.3. The van der Waals surface area contributed by atoms with Gasteiger partial charge in [-0.1, -0.05) is 76.6 Å². The van der Waals surface area contributed by atoms with E-state index in [-0.39, 0.29) is 0 Å². The van der Waals surface area contributed by atoms with Crippen LogP contribution >= 0.6 is 15.9 Å². The molecule has 0 N–H and O–H groups in total. The largest absolute Gasteiger partial charge is 0.419 e. The molecule has 1 nitrogen and oxygen atoms in total. The van der Waals surface area contributed by atoms with E-state index < -0.39 is 8.32 Å². The van der Waals surface area contributed by atoms with Crippen LogP contribution in [0.5, 0.6) is 0 Å². The summed E-state index contributed by atoms with van der Waals surface area (Å²) >= 11 is 3.72. The van der Waals surface area contributed by atoms with E-state index in [9.17, 15) is 0 Å². The summed E-state index contributed by atoms with van der Waals surface area (Å²) in [5.41, 5.74) is 2.82. The zero-order chi connectivity index (χ0) is 15.0. The molecule has 0 aliphatic carbocycles. The van der Waals surface area contributed by atoms with E-state index in [2.05, 4.69) is 76.6 Å². The molecule has 0 radical (unpaired) electrons. The number of hydrogen-bond donors (Lipinski definition) is 0. The van der Waals surface area contributed by atoms with Crippen LogP contribution in [0.1, 0.15) is 11.1 Å². The van der Waals surface area contributed by atoms with E-state index in [4.69, 9.17) is 4.43 Å². The van der Waals surface area contributed by atoms with Crippen molar-refractivity contribution in [2.45, 2.75) is 24.9 Å². The van der Waals surface area contributed by atoms with Gasteiger partial charge in [0.15, 0.2) is 0 Å². The van der Waals surface area contributed by atoms with Crippen LogP contribution in [0.2, 0.25) is 12.1 Å². The van der Waals surface area contributed by atoms with Gasteiger partial charge in [-0.05, 0) is 36.1 Å². The predicted molar refractivity (Wildman–Crippen MR) is 96.5 cm³/mol. The first kappa shape index (κ1) is 16.5. The van der Waals surface area contributed by atoms with Gasteiger partial charge in [0, 0.05) is 12.1 Å². The van der Waals surface area contributed by atoms with Crippen LogP contribution in [0.4, 0.5) is 0 Å². The van der Waals surface area contributed by atoms with Gasteiger partial charge >= 0.3 is 0 Å². The Labute approximate surface area is 137 Å². The molecule has 0 fully saturated rings. The van der Waals surface area contributed by atoms with E-state index in [0.717, 1.165) is 17.8 Å². The molecule has 0 atom stereocenters. The van der Waals surface area contributed by atoms with Gasteiger partial charge in [0.1, 0.15) is 0 Å². The summed E-state index contributed by atoms with van der Waals surface area (Å²) in [6, 6.07) is 23.8. The summed E-state index contributed by atoms with van der Waals surface area (Å²) in [4.78, 5) is 1.01.